The summed E-state index contributed by atoms with van der Waals surface area (Å²) in [5.41, 5.74) is 1.13. The Labute approximate surface area is 126 Å². The third-order valence-electron chi connectivity index (χ3n) is 2.59. The first-order valence-corrected chi connectivity index (χ1v) is 7.87. The SMILES string of the molecule is CCCNc1ncc(COc2ccc(Br)cc2C)s1. The molecule has 3 nitrogen and oxygen atoms in total. The van der Waals surface area contributed by atoms with E-state index >= 15 is 0 Å². The van der Waals surface area contributed by atoms with Crippen molar-refractivity contribution in [2.75, 3.05) is 11.9 Å². The summed E-state index contributed by atoms with van der Waals surface area (Å²) in [5.74, 6) is 0.916. The third kappa shape index (κ3) is 4.21. The molecule has 0 spiro atoms. The van der Waals surface area contributed by atoms with Gasteiger partial charge in [0.1, 0.15) is 12.4 Å². The highest BCUT2D eigenvalue weighted by Gasteiger charge is 2.04. The summed E-state index contributed by atoms with van der Waals surface area (Å²) in [4.78, 5) is 5.45. The molecular weight excluding hydrogens is 324 g/mol. The van der Waals surface area contributed by atoms with Crippen molar-refractivity contribution in [1.82, 2.24) is 4.98 Å². The van der Waals surface area contributed by atoms with E-state index in [0.717, 1.165) is 38.8 Å². The minimum absolute atomic E-state index is 0.563. The Morgan fingerprint density at radius 3 is 3.00 bits per heavy atom. The fourth-order valence-corrected chi connectivity index (χ4v) is 2.84. The number of ether oxygens (including phenoxy) is 1. The van der Waals surface area contributed by atoms with Gasteiger partial charge in [-0.25, -0.2) is 4.98 Å². The van der Waals surface area contributed by atoms with Gasteiger partial charge >= 0.3 is 0 Å². The van der Waals surface area contributed by atoms with Crippen LogP contribution in [0.3, 0.4) is 0 Å². The average molecular weight is 341 g/mol. The lowest BCUT2D eigenvalue weighted by molar-refractivity contribution is 0.307. The molecule has 0 fully saturated rings. The predicted molar refractivity (Wildman–Crippen MR) is 84.1 cm³/mol. The molecule has 0 amide bonds. The second kappa shape index (κ2) is 6.91. The first-order chi connectivity index (χ1) is 9.19. The Morgan fingerprint density at radius 2 is 2.26 bits per heavy atom. The van der Waals surface area contributed by atoms with E-state index in [1.54, 1.807) is 11.3 Å². The molecule has 19 heavy (non-hydrogen) atoms. The minimum Gasteiger partial charge on any atom is -0.488 e. The smallest absolute Gasteiger partial charge is 0.182 e. The van der Waals surface area contributed by atoms with E-state index in [1.165, 1.54) is 0 Å². The number of nitrogens with zero attached hydrogens (tertiary/aromatic N) is 1. The fraction of sp³-hybridized carbons (Fsp3) is 0.357. The third-order valence-corrected chi connectivity index (χ3v) is 4.01. The second-order valence-electron chi connectivity index (χ2n) is 4.26. The molecule has 0 aliphatic heterocycles. The maximum Gasteiger partial charge on any atom is 0.182 e. The van der Waals surface area contributed by atoms with Crippen LogP contribution < -0.4 is 10.1 Å². The molecule has 1 N–H and O–H groups in total. The lowest BCUT2D eigenvalue weighted by atomic mass is 10.2. The summed E-state index contributed by atoms with van der Waals surface area (Å²) in [6.45, 7) is 5.70. The van der Waals surface area contributed by atoms with Gasteiger partial charge in [-0.15, -0.1) is 0 Å². The summed E-state index contributed by atoms with van der Waals surface area (Å²) in [6.07, 6.45) is 2.97. The van der Waals surface area contributed by atoms with Crippen molar-refractivity contribution in [2.45, 2.75) is 26.9 Å². The van der Waals surface area contributed by atoms with Crippen LogP contribution in [-0.2, 0) is 6.61 Å². The monoisotopic (exact) mass is 340 g/mol. The Bertz CT molecular complexity index is 542. The van der Waals surface area contributed by atoms with Crippen LogP contribution in [0.2, 0.25) is 0 Å². The molecule has 2 aromatic rings. The number of aryl methyl sites for hydroxylation is 1. The zero-order chi connectivity index (χ0) is 13.7. The maximum absolute atomic E-state index is 5.82. The summed E-state index contributed by atoms with van der Waals surface area (Å²) >= 11 is 5.09. The topological polar surface area (TPSA) is 34.2 Å². The van der Waals surface area contributed by atoms with Gasteiger partial charge in [-0.2, -0.15) is 0 Å². The van der Waals surface area contributed by atoms with Crippen molar-refractivity contribution < 1.29 is 4.74 Å². The fourth-order valence-electron chi connectivity index (χ4n) is 1.61. The van der Waals surface area contributed by atoms with Crippen LogP contribution in [0, 0.1) is 6.92 Å². The summed E-state index contributed by atoms with van der Waals surface area (Å²) in [5, 5.41) is 4.24. The zero-order valence-electron chi connectivity index (χ0n) is 11.1. The van der Waals surface area contributed by atoms with Crippen LogP contribution >= 0.6 is 27.3 Å². The van der Waals surface area contributed by atoms with Crippen LogP contribution in [0.1, 0.15) is 23.8 Å². The first kappa shape index (κ1) is 14.3. The molecule has 0 aliphatic carbocycles. The van der Waals surface area contributed by atoms with Crippen LogP contribution in [0.25, 0.3) is 0 Å². The Kier molecular flexibility index (Phi) is 5.22. The molecule has 2 rings (SSSR count). The summed E-state index contributed by atoms with van der Waals surface area (Å²) in [7, 11) is 0. The quantitative estimate of drug-likeness (QED) is 0.833. The van der Waals surface area contributed by atoms with E-state index in [9.17, 15) is 0 Å². The lowest BCUT2D eigenvalue weighted by Gasteiger charge is -2.07. The minimum atomic E-state index is 0.563. The molecule has 0 radical (unpaired) electrons. The molecule has 1 aromatic carbocycles. The van der Waals surface area contributed by atoms with E-state index in [-0.39, 0.29) is 0 Å². The van der Waals surface area contributed by atoms with Crippen molar-refractivity contribution in [3.8, 4) is 5.75 Å². The molecule has 0 saturated heterocycles. The highest BCUT2D eigenvalue weighted by Crippen LogP contribution is 2.25. The van der Waals surface area contributed by atoms with Gasteiger partial charge in [-0.3, -0.25) is 0 Å². The number of aromatic nitrogens is 1. The van der Waals surface area contributed by atoms with E-state index < -0.39 is 0 Å². The van der Waals surface area contributed by atoms with Gasteiger partial charge in [-0.1, -0.05) is 34.2 Å². The number of rotatable bonds is 6. The van der Waals surface area contributed by atoms with Crippen molar-refractivity contribution in [1.29, 1.82) is 0 Å². The molecule has 0 unspecified atom stereocenters. The lowest BCUT2D eigenvalue weighted by Crippen LogP contribution is -1.98. The summed E-state index contributed by atoms with van der Waals surface area (Å²) < 4.78 is 6.89. The van der Waals surface area contributed by atoms with Gasteiger partial charge in [-0.05, 0) is 37.1 Å². The Morgan fingerprint density at radius 1 is 1.42 bits per heavy atom. The molecule has 0 bridgehead atoms. The normalized spacial score (nSPS) is 10.5. The van der Waals surface area contributed by atoms with Gasteiger partial charge in [0.15, 0.2) is 5.13 Å². The van der Waals surface area contributed by atoms with Gasteiger partial charge in [0, 0.05) is 17.2 Å². The standard InChI is InChI=1S/C14H17BrN2OS/c1-3-6-16-14-17-8-12(19-14)9-18-13-5-4-11(15)7-10(13)2/h4-5,7-8H,3,6,9H2,1-2H3,(H,16,17). The Hall–Kier alpha value is -1.07. The average Bonchev–Trinajstić information content (AvgIpc) is 2.83. The van der Waals surface area contributed by atoms with Crippen LogP contribution in [0.15, 0.2) is 28.9 Å². The van der Waals surface area contributed by atoms with E-state index in [1.807, 2.05) is 25.3 Å². The first-order valence-electron chi connectivity index (χ1n) is 6.26. The van der Waals surface area contributed by atoms with Crippen LogP contribution in [0.5, 0.6) is 5.75 Å². The van der Waals surface area contributed by atoms with Crippen LogP contribution in [0.4, 0.5) is 5.13 Å². The molecule has 102 valence electrons. The van der Waals surface area contributed by atoms with Crippen molar-refractivity contribution in [2.24, 2.45) is 0 Å². The zero-order valence-corrected chi connectivity index (χ0v) is 13.5. The maximum atomic E-state index is 5.82. The highest BCUT2D eigenvalue weighted by molar-refractivity contribution is 9.10. The predicted octanol–water partition coefficient (Wildman–Crippen LogP) is 4.61. The van der Waals surface area contributed by atoms with E-state index in [0.29, 0.717) is 6.61 Å². The molecular formula is C14H17BrN2OS. The molecule has 0 saturated carbocycles. The van der Waals surface area contributed by atoms with Crippen LogP contribution in [-0.4, -0.2) is 11.5 Å². The highest BCUT2D eigenvalue weighted by atomic mass is 79.9. The molecule has 0 aliphatic rings. The van der Waals surface area contributed by atoms with Crippen molar-refractivity contribution in [3.05, 3.63) is 39.3 Å². The largest absolute Gasteiger partial charge is 0.488 e. The van der Waals surface area contributed by atoms with Gasteiger partial charge in [0.05, 0.1) is 4.88 Å². The van der Waals surface area contributed by atoms with Gasteiger partial charge in [0.2, 0.25) is 0 Å². The number of halogens is 1. The van der Waals surface area contributed by atoms with Crippen molar-refractivity contribution in [3.63, 3.8) is 0 Å². The number of anilines is 1. The molecule has 0 atom stereocenters. The second-order valence-corrected chi connectivity index (χ2v) is 6.29. The van der Waals surface area contributed by atoms with E-state index in [2.05, 4.69) is 39.2 Å². The number of hydrogen-bond donors (Lipinski definition) is 1. The van der Waals surface area contributed by atoms with Gasteiger partial charge in [0.25, 0.3) is 0 Å². The van der Waals surface area contributed by atoms with E-state index in [4.69, 9.17) is 4.74 Å². The molecule has 1 aromatic heterocycles. The number of benzene rings is 1. The number of hydrogen-bond acceptors (Lipinski definition) is 4. The molecule has 1 heterocycles. The Balaban J connectivity index is 1.92. The number of thiazole rings is 1. The molecule has 5 heteroatoms. The number of nitrogens with one attached hydrogen (secondary N) is 1. The van der Waals surface area contributed by atoms with Gasteiger partial charge < -0.3 is 10.1 Å². The summed E-state index contributed by atoms with van der Waals surface area (Å²) in [6, 6.07) is 6.02. The van der Waals surface area contributed by atoms with Crippen molar-refractivity contribution >= 4 is 32.4 Å².